The maximum atomic E-state index is 12.7. The zero-order chi connectivity index (χ0) is 21.4. The summed E-state index contributed by atoms with van der Waals surface area (Å²) in [5.41, 5.74) is 3.34. The molecule has 1 saturated carbocycles. The summed E-state index contributed by atoms with van der Waals surface area (Å²) in [6, 6.07) is 15.6. The third-order valence-electron chi connectivity index (χ3n) is 5.66. The summed E-state index contributed by atoms with van der Waals surface area (Å²) in [7, 11) is 0. The fourth-order valence-electron chi connectivity index (χ4n) is 3.70. The smallest absolute Gasteiger partial charge is 0.426 e. The third-order valence-corrected chi connectivity index (χ3v) is 6.00. The molecule has 0 amide bonds. The number of carbonyl (C=O) groups excluding carboxylic acids is 1. The number of alkyl halides is 3. The van der Waals surface area contributed by atoms with E-state index in [0.29, 0.717) is 0 Å². The van der Waals surface area contributed by atoms with E-state index in [1.165, 1.54) is 0 Å². The molecule has 154 valence electrons. The van der Waals surface area contributed by atoms with Crippen molar-refractivity contribution in [1.82, 2.24) is 0 Å². The second kappa shape index (κ2) is 7.86. The summed E-state index contributed by atoms with van der Waals surface area (Å²) in [6.45, 7) is 5.51. The number of hydrogen-bond donors (Lipinski definition) is 0. The average molecular weight is 423 g/mol. The number of hydrogen-bond acceptors (Lipinski definition) is 2. The summed E-state index contributed by atoms with van der Waals surface area (Å²) in [6.07, 6.45) is -3.68. The maximum Gasteiger partial charge on any atom is 0.426 e. The first kappa shape index (κ1) is 21.4. The normalized spacial score (nSPS) is 21.0. The largest absolute Gasteiger partial charge is 0.461 e. The third kappa shape index (κ3) is 4.50. The lowest BCUT2D eigenvalue weighted by atomic mass is 9.97. The zero-order valence-corrected chi connectivity index (χ0v) is 17.1. The van der Waals surface area contributed by atoms with Crippen molar-refractivity contribution in [3.63, 3.8) is 0 Å². The van der Waals surface area contributed by atoms with Crippen LogP contribution >= 0.6 is 11.6 Å². The number of ether oxygens (including phenoxy) is 1. The van der Waals surface area contributed by atoms with Crippen LogP contribution in [0.3, 0.4) is 0 Å². The molecule has 0 radical (unpaired) electrons. The Bertz CT molecular complexity index is 933. The van der Waals surface area contributed by atoms with Gasteiger partial charge >= 0.3 is 12.1 Å². The number of halogens is 4. The van der Waals surface area contributed by atoms with E-state index in [2.05, 4.69) is 0 Å². The van der Waals surface area contributed by atoms with E-state index in [1.54, 1.807) is 13.8 Å². The van der Waals surface area contributed by atoms with Crippen LogP contribution in [0, 0.1) is 24.2 Å². The quantitative estimate of drug-likeness (QED) is 0.503. The van der Waals surface area contributed by atoms with Crippen LogP contribution < -0.4 is 0 Å². The van der Waals surface area contributed by atoms with Crippen molar-refractivity contribution in [2.75, 3.05) is 0 Å². The van der Waals surface area contributed by atoms with E-state index in [1.807, 2.05) is 55.5 Å². The molecule has 0 bridgehead atoms. The van der Waals surface area contributed by atoms with Gasteiger partial charge < -0.3 is 4.74 Å². The molecule has 1 aliphatic carbocycles. The Morgan fingerprint density at radius 3 is 2.41 bits per heavy atom. The Morgan fingerprint density at radius 2 is 1.79 bits per heavy atom. The van der Waals surface area contributed by atoms with Crippen molar-refractivity contribution >= 4 is 17.6 Å². The molecule has 2 aromatic carbocycles. The number of carbonyl (C=O) groups is 1. The molecular weight excluding hydrogens is 401 g/mol. The molecule has 3 rings (SSSR count). The van der Waals surface area contributed by atoms with Gasteiger partial charge in [-0.25, -0.2) is 0 Å². The number of rotatable bonds is 5. The van der Waals surface area contributed by atoms with E-state index in [0.717, 1.165) is 28.3 Å². The van der Waals surface area contributed by atoms with Gasteiger partial charge in [-0.2, -0.15) is 13.2 Å². The van der Waals surface area contributed by atoms with E-state index in [-0.39, 0.29) is 6.61 Å². The molecule has 2 nitrogen and oxygen atoms in total. The van der Waals surface area contributed by atoms with Crippen LogP contribution in [0.25, 0.3) is 11.1 Å². The summed E-state index contributed by atoms with van der Waals surface area (Å²) in [5, 5.41) is -1.20. The summed E-state index contributed by atoms with van der Waals surface area (Å²) in [4.78, 5) is 12.5. The van der Waals surface area contributed by atoms with Crippen molar-refractivity contribution in [2.45, 2.75) is 33.6 Å². The lowest BCUT2D eigenvalue weighted by Gasteiger charge is -2.12. The number of benzene rings is 2. The summed E-state index contributed by atoms with van der Waals surface area (Å²) in [5.74, 6) is -1.75. The molecule has 2 atom stereocenters. The predicted octanol–water partition coefficient (Wildman–Crippen LogP) is 6.66. The summed E-state index contributed by atoms with van der Waals surface area (Å²) < 4.78 is 43.5. The van der Waals surface area contributed by atoms with Crippen molar-refractivity contribution in [1.29, 1.82) is 0 Å². The molecule has 6 heteroatoms. The minimum atomic E-state index is -4.61. The molecular formula is C23H22ClF3O2. The Kier molecular flexibility index (Phi) is 5.81. The molecule has 0 unspecified atom stereocenters. The second-order valence-corrected chi connectivity index (χ2v) is 8.31. The minimum absolute atomic E-state index is 0.0708. The van der Waals surface area contributed by atoms with Crippen molar-refractivity contribution in [3.05, 3.63) is 70.8 Å². The molecule has 0 aliphatic heterocycles. The Labute approximate surface area is 173 Å². The first-order valence-electron chi connectivity index (χ1n) is 9.28. The zero-order valence-electron chi connectivity index (χ0n) is 16.4. The fraction of sp³-hybridized carbons (Fsp3) is 0.348. The standard InChI is InChI=1S/C23H22ClF3O2/c1-14-16(10-7-11-17(14)15-8-5-4-6-9-15)13-29-21(28)20-18(22(20,2)3)12-19(24)23(25,26)27/h4-12,18,20H,13H2,1-3H3/b19-12+/t18-,20-/m0/s1. The fourth-order valence-corrected chi connectivity index (χ4v) is 3.84. The van der Waals surface area contributed by atoms with E-state index in [4.69, 9.17) is 16.3 Å². The van der Waals surface area contributed by atoms with E-state index in [9.17, 15) is 18.0 Å². The van der Waals surface area contributed by atoms with Crippen LogP contribution in [0.2, 0.25) is 0 Å². The molecule has 0 aromatic heterocycles. The van der Waals surface area contributed by atoms with Gasteiger partial charge in [0.25, 0.3) is 0 Å². The van der Waals surface area contributed by atoms with Crippen LogP contribution in [0.1, 0.15) is 25.0 Å². The summed E-state index contributed by atoms with van der Waals surface area (Å²) >= 11 is 5.34. The van der Waals surface area contributed by atoms with Gasteiger partial charge in [-0.1, -0.05) is 80.1 Å². The second-order valence-electron chi connectivity index (χ2n) is 7.90. The van der Waals surface area contributed by atoms with Gasteiger partial charge in [0.1, 0.15) is 11.6 Å². The average Bonchev–Trinajstić information content (AvgIpc) is 3.20. The van der Waals surface area contributed by atoms with E-state index < -0.39 is 34.4 Å². The van der Waals surface area contributed by atoms with Crippen molar-refractivity contribution in [2.24, 2.45) is 17.3 Å². The van der Waals surface area contributed by atoms with Gasteiger partial charge in [0, 0.05) is 0 Å². The molecule has 2 aromatic rings. The minimum Gasteiger partial charge on any atom is -0.461 e. The van der Waals surface area contributed by atoms with Crippen LogP contribution in [-0.4, -0.2) is 12.1 Å². The molecule has 29 heavy (non-hydrogen) atoms. The predicted molar refractivity (Wildman–Crippen MR) is 107 cm³/mol. The van der Waals surface area contributed by atoms with Crippen LogP contribution in [-0.2, 0) is 16.1 Å². The highest BCUT2D eigenvalue weighted by Gasteiger charge is 2.62. The van der Waals surface area contributed by atoms with Gasteiger partial charge in [-0.05, 0) is 40.5 Å². The Hall–Kier alpha value is -2.27. The highest BCUT2D eigenvalue weighted by atomic mass is 35.5. The van der Waals surface area contributed by atoms with E-state index >= 15 is 0 Å². The highest BCUT2D eigenvalue weighted by Crippen LogP contribution is 2.60. The van der Waals surface area contributed by atoms with Gasteiger partial charge in [0.15, 0.2) is 0 Å². The number of esters is 1. The topological polar surface area (TPSA) is 26.3 Å². The SMILES string of the molecule is Cc1c(COC(=O)[C@@H]2[C@H](/C=C(/Cl)C(F)(F)F)C2(C)C)cccc1-c1ccccc1. The first-order chi connectivity index (χ1) is 13.5. The molecule has 0 heterocycles. The molecule has 0 saturated heterocycles. The Morgan fingerprint density at radius 1 is 1.14 bits per heavy atom. The highest BCUT2D eigenvalue weighted by molar-refractivity contribution is 6.30. The molecule has 0 spiro atoms. The van der Waals surface area contributed by atoms with Crippen LogP contribution in [0.4, 0.5) is 13.2 Å². The monoisotopic (exact) mass is 422 g/mol. The van der Waals surface area contributed by atoms with Crippen LogP contribution in [0.5, 0.6) is 0 Å². The molecule has 1 aliphatic rings. The van der Waals surface area contributed by atoms with Gasteiger partial charge in [0.2, 0.25) is 0 Å². The van der Waals surface area contributed by atoms with Crippen molar-refractivity contribution in [3.8, 4) is 11.1 Å². The molecule has 0 N–H and O–H groups in total. The van der Waals surface area contributed by atoms with Gasteiger partial charge in [0.05, 0.1) is 5.92 Å². The van der Waals surface area contributed by atoms with Crippen molar-refractivity contribution < 1.29 is 22.7 Å². The lowest BCUT2D eigenvalue weighted by molar-refractivity contribution is -0.147. The van der Waals surface area contributed by atoms with Gasteiger partial charge in [-0.15, -0.1) is 0 Å². The lowest BCUT2D eigenvalue weighted by Crippen LogP contribution is -2.11. The Balaban J connectivity index is 1.70. The molecule has 1 fully saturated rings. The first-order valence-corrected chi connectivity index (χ1v) is 9.66. The van der Waals surface area contributed by atoms with Crippen LogP contribution in [0.15, 0.2) is 59.6 Å². The van der Waals surface area contributed by atoms with Gasteiger partial charge in [-0.3, -0.25) is 4.79 Å². The maximum absolute atomic E-state index is 12.7. The number of allylic oxidation sites excluding steroid dienone is 2.